The number of hydrogen-bond acceptors (Lipinski definition) is 4. The molecule has 2 N–H and O–H groups in total. The number of aliphatic hydroxyl groups excluding tert-OH is 1. The quantitative estimate of drug-likeness (QED) is 0.401. The number of allylic oxidation sites excluding steroid dienone is 7. The van der Waals surface area contributed by atoms with Crippen LogP contribution in [0, 0.1) is 11.8 Å². The molecule has 2 unspecified atom stereocenters. The average Bonchev–Trinajstić information content (AvgIpc) is 2.65. The van der Waals surface area contributed by atoms with Crippen LogP contribution in [0.25, 0.3) is 0 Å². The van der Waals surface area contributed by atoms with Crippen LogP contribution < -0.4 is 0 Å². The number of aromatic hydroxyl groups is 1. The Morgan fingerprint density at radius 2 is 1.89 bits per heavy atom. The van der Waals surface area contributed by atoms with Gasteiger partial charge in [-0.1, -0.05) is 32.1 Å². The number of aliphatic hydroxyl groups is 1. The predicted molar refractivity (Wildman–Crippen MR) is 107 cm³/mol. The largest absolute Gasteiger partial charge is 0.508 e. The number of carbonyl (C=O) groups excluding carboxylic acids is 2. The van der Waals surface area contributed by atoms with Gasteiger partial charge in [-0.05, 0) is 67.7 Å². The summed E-state index contributed by atoms with van der Waals surface area (Å²) in [4.78, 5) is 25.3. The Morgan fingerprint density at radius 1 is 1.22 bits per heavy atom. The molecule has 0 spiro atoms. The third-order valence-electron chi connectivity index (χ3n) is 4.69. The fourth-order valence-electron chi connectivity index (χ4n) is 3.08. The first kappa shape index (κ1) is 20.4. The zero-order valence-electron chi connectivity index (χ0n) is 16.0. The Balaban J connectivity index is 2.12. The summed E-state index contributed by atoms with van der Waals surface area (Å²) < 4.78 is 0. The first-order valence-corrected chi connectivity index (χ1v) is 9.14. The van der Waals surface area contributed by atoms with Crippen LogP contribution in [0.5, 0.6) is 5.75 Å². The Hall–Kier alpha value is -2.88. The normalized spacial score (nSPS) is 18.8. The molecule has 27 heavy (non-hydrogen) atoms. The number of carbonyl (C=O) groups is 2. The molecule has 1 aliphatic rings. The highest BCUT2D eigenvalue weighted by atomic mass is 16.3. The van der Waals surface area contributed by atoms with Crippen molar-refractivity contribution >= 4 is 11.6 Å². The van der Waals surface area contributed by atoms with Gasteiger partial charge in [0, 0.05) is 17.1 Å². The van der Waals surface area contributed by atoms with E-state index in [4.69, 9.17) is 0 Å². The van der Waals surface area contributed by atoms with E-state index in [2.05, 4.69) is 0 Å². The zero-order chi connectivity index (χ0) is 20.0. The smallest absolute Gasteiger partial charge is 0.189 e. The summed E-state index contributed by atoms with van der Waals surface area (Å²) in [5.74, 6) is -0.0670. The molecule has 0 aliphatic heterocycles. The fraction of sp³-hybridized carbons (Fsp3) is 0.304. The maximum Gasteiger partial charge on any atom is 0.189 e. The molecule has 0 amide bonds. The molecular formula is C23H26O4. The summed E-state index contributed by atoms with van der Waals surface area (Å²) in [6.07, 6.45) is 9.42. The van der Waals surface area contributed by atoms with E-state index < -0.39 is 0 Å². The molecule has 0 heterocycles. The van der Waals surface area contributed by atoms with Gasteiger partial charge in [0.2, 0.25) is 0 Å². The van der Waals surface area contributed by atoms with Crippen LogP contribution in [0.1, 0.15) is 44.0 Å². The molecule has 4 heteroatoms. The summed E-state index contributed by atoms with van der Waals surface area (Å²) in [6.45, 7) is 5.59. The minimum Gasteiger partial charge on any atom is -0.508 e. The number of Topliss-reactive ketones (excluding diaryl/α,β-unsaturated/α-hetero) is 2. The Labute approximate surface area is 160 Å². The van der Waals surface area contributed by atoms with Crippen LogP contribution >= 0.6 is 0 Å². The molecule has 0 radical (unpaired) electrons. The van der Waals surface area contributed by atoms with Crippen molar-refractivity contribution in [3.8, 4) is 5.75 Å². The highest BCUT2D eigenvalue weighted by Crippen LogP contribution is 2.30. The van der Waals surface area contributed by atoms with Crippen molar-refractivity contribution in [2.75, 3.05) is 0 Å². The molecule has 0 aromatic heterocycles. The van der Waals surface area contributed by atoms with Gasteiger partial charge in [-0.2, -0.15) is 0 Å². The molecule has 0 fully saturated rings. The van der Waals surface area contributed by atoms with Gasteiger partial charge in [-0.15, -0.1) is 0 Å². The SMILES string of the molecule is C/C=C\C(O)=C/CC(C)C(=O)C1=CC=C(C(=O)c2ccc(O)cc2)C(C)C1. The van der Waals surface area contributed by atoms with Crippen molar-refractivity contribution < 1.29 is 19.8 Å². The van der Waals surface area contributed by atoms with Crippen LogP contribution in [0.3, 0.4) is 0 Å². The van der Waals surface area contributed by atoms with Crippen LogP contribution in [-0.4, -0.2) is 21.8 Å². The molecule has 142 valence electrons. The minimum atomic E-state index is -0.237. The molecule has 0 bridgehead atoms. The second-order valence-corrected chi connectivity index (χ2v) is 6.93. The van der Waals surface area contributed by atoms with Crippen molar-refractivity contribution in [2.24, 2.45) is 11.8 Å². The van der Waals surface area contributed by atoms with Crippen LogP contribution in [-0.2, 0) is 4.79 Å². The van der Waals surface area contributed by atoms with Crippen molar-refractivity contribution in [3.63, 3.8) is 0 Å². The summed E-state index contributed by atoms with van der Waals surface area (Å²) >= 11 is 0. The maximum absolute atomic E-state index is 12.7. The Morgan fingerprint density at radius 3 is 2.48 bits per heavy atom. The van der Waals surface area contributed by atoms with Crippen LogP contribution in [0.15, 0.2) is 71.6 Å². The Kier molecular flexibility index (Phi) is 6.94. The van der Waals surface area contributed by atoms with Gasteiger partial charge in [0.15, 0.2) is 11.6 Å². The van der Waals surface area contributed by atoms with E-state index >= 15 is 0 Å². The van der Waals surface area contributed by atoms with Crippen molar-refractivity contribution in [1.29, 1.82) is 0 Å². The molecule has 1 aliphatic carbocycles. The van der Waals surface area contributed by atoms with Gasteiger partial charge in [-0.3, -0.25) is 9.59 Å². The number of hydrogen-bond donors (Lipinski definition) is 2. The second-order valence-electron chi connectivity index (χ2n) is 6.93. The molecule has 0 saturated carbocycles. The number of benzene rings is 1. The van der Waals surface area contributed by atoms with E-state index in [9.17, 15) is 19.8 Å². The third-order valence-corrected chi connectivity index (χ3v) is 4.69. The third kappa shape index (κ3) is 5.30. The van der Waals surface area contributed by atoms with Crippen molar-refractivity contribution in [1.82, 2.24) is 0 Å². The van der Waals surface area contributed by atoms with Crippen LogP contribution in [0.4, 0.5) is 0 Å². The number of phenols is 1. The monoisotopic (exact) mass is 366 g/mol. The molecule has 1 aromatic rings. The van der Waals surface area contributed by atoms with Gasteiger partial charge < -0.3 is 10.2 Å². The maximum atomic E-state index is 12.7. The zero-order valence-corrected chi connectivity index (χ0v) is 16.0. The predicted octanol–water partition coefficient (Wildman–Crippen LogP) is 5.08. The molecule has 0 saturated heterocycles. The molecular weight excluding hydrogens is 340 g/mol. The highest BCUT2D eigenvalue weighted by Gasteiger charge is 2.26. The lowest BCUT2D eigenvalue weighted by molar-refractivity contribution is -0.118. The van der Waals surface area contributed by atoms with E-state index in [0.717, 1.165) is 0 Å². The standard InChI is InChI=1S/C23H26O4/c1-4-5-19(24)10-6-15(2)22(26)18-9-13-21(16(3)14-18)23(27)17-7-11-20(25)12-8-17/h4-5,7-13,15-16,24-25H,6,14H2,1-3H3/b5-4-,19-10+. The summed E-state index contributed by atoms with van der Waals surface area (Å²) in [7, 11) is 0. The van der Waals surface area contributed by atoms with Crippen molar-refractivity contribution in [2.45, 2.75) is 33.6 Å². The summed E-state index contributed by atoms with van der Waals surface area (Å²) in [5.41, 5.74) is 1.89. The lowest BCUT2D eigenvalue weighted by Crippen LogP contribution is -2.20. The summed E-state index contributed by atoms with van der Waals surface area (Å²) in [6, 6.07) is 6.18. The fourth-order valence-corrected chi connectivity index (χ4v) is 3.08. The lowest BCUT2D eigenvalue weighted by Gasteiger charge is -2.22. The van der Waals surface area contributed by atoms with Gasteiger partial charge in [0.05, 0.1) is 0 Å². The van der Waals surface area contributed by atoms with Gasteiger partial charge in [0.25, 0.3) is 0 Å². The topological polar surface area (TPSA) is 74.6 Å². The average molecular weight is 366 g/mol. The Bertz CT molecular complexity index is 822. The number of rotatable bonds is 7. The molecule has 1 aromatic carbocycles. The van der Waals surface area contributed by atoms with Gasteiger partial charge in [0.1, 0.15) is 11.5 Å². The number of phenolic OH excluding ortho intramolecular Hbond substituents is 1. The van der Waals surface area contributed by atoms with Crippen LogP contribution in [0.2, 0.25) is 0 Å². The first-order valence-electron chi connectivity index (χ1n) is 9.14. The molecule has 2 rings (SSSR count). The van der Waals surface area contributed by atoms with E-state index in [1.54, 1.807) is 42.5 Å². The summed E-state index contributed by atoms with van der Waals surface area (Å²) in [5, 5.41) is 19.0. The number of ketones is 2. The highest BCUT2D eigenvalue weighted by molar-refractivity contribution is 6.10. The molecule has 4 nitrogen and oxygen atoms in total. The second kappa shape index (κ2) is 9.17. The van der Waals surface area contributed by atoms with E-state index in [0.29, 0.717) is 29.6 Å². The van der Waals surface area contributed by atoms with E-state index in [-0.39, 0.29) is 34.9 Å². The van der Waals surface area contributed by atoms with Gasteiger partial charge in [-0.25, -0.2) is 0 Å². The van der Waals surface area contributed by atoms with Gasteiger partial charge >= 0.3 is 0 Å². The minimum absolute atomic E-state index is 0.0405. The van der Waals surface area contributed by atoms with E-state index in [1.807, 2.05) is 20.8 Å². The van der Waals surface area contributed by atoms with Crippen molar-refractivity contribution in [3.05, 3.63) is 77.1 Å². The van der Waals surface area contributed by atoms with E-state index in [1.165, 1.54) is 12.1 Å². The first-order chi connectivity index (χ1) is 12.8. The lowest BCUT2D eigenvalue weighted by atomic mass is 9.81. The molecule has 2 atom stereocenters.